The van der Waals surface area contributed by atoms with Gasteiger partial charge >= 0.3 is 5.97 Å². The van der Waals surface area contributed by atoms with Crippen LogP contribution in [0, 0.1) is 5.92 Å². The molecule has 2 aliphatic heterocycles. The average molecular weight is 467 g/mol. The van der Waals surface area contributed by atoms with Gasteiger partial charge in [-0.25, -0.2) is 0 Å². The van der Waals surface area contributed by atoms with E-state index in [0.717, 1.165) is 36.8 Å². The predicted molar refractivity (Wildman–Crippen MR) is 124 cm³/mol. The first kappa shape index (κ1) is 22.5. The first-order valence-corrected chi connectivity index (χ1v) is 11.8. The number of likely N-dealkylation sites (tertiary alicyclic amines) is 1. The number of hydrogen-bond donors (Lipinski definition) is 2. The Morgan fingerprint density at radius 2 is 1.76 bits per heavy atom. The zero-order valence-electron chi connectivity index (χ0n) is 19.2. The molecule has 0 aromatic heterocycles. The Bertz CT molecular complexity index is 1050. The second-order valence-electron chi connectivity index (χ2n) is 9.28. The van der Waals surface area contributed by atoms with E-state index in [9.17, 15) is 14.7 Å². The summed E-state index contributed by atoms with van der Waals surface area (Å²) in [5.74, 6) is 0.00848. The van der Waals surface area contributed by atoms with Gasteiger partial charge in [0, 0.05) is 24.5 Å². The van der Waals surface area contributed by atoms with Crippen LogP contribution in [0.5, 0.6) is 17.2 Å². The molecule has 3 atom stereocenters. The first-order valence-electron chi connectivity index (χ1n) is 11.8. The maximum atomic E-state index is 12.9. The van der Waals surface area contributed by atoms with Gasteiger partial charge < -0.3 is 24.6 Å². The van der Waals surface area contributed by atoms with Gasteiger partial charge in [0.05, 0.1) is 19.6 Å². The molecule has 5 rings (SSSR count). The quantitative estimate of drug-likeness (QED) is 0.646. The smallest absolute Gasteiger partial charge is 0.309 e. The highest BCUT2D eigenvalue weighted by Gasteiger charge is 2.48. The van der Waals surface area contributed by atoms with Gasteiger partial charge in [-0.15, -0.1) is 0 Å². The van der Waals surface area contributed by atoms with Crippen molar-refractivity contribution in [3.05, 3.63) is 53.6 Å². The number of carboxylic acid groups (broad SMARTS) is 1. The van der Waals surface area contributed by atoms with Crippen LogP contribution in [-0.4, -0.2) is 54.9 Å². The van der Waals surface area contributed by atoms with E-state index in [-0.39, 0.29) is 31.2 Å². The summed E-state index contributed by atoms with van der Waals surface area (Å²) in [5, 5.41) is 13.5. The summed E-state index contributed by atoms with van der Waals surface area (Å²) in [4.78, 5) is 27.6. The number of amides is 1. The second-order valence-corrected chi connectivity index (χ2v) is 9.28. The summed E-state index contributed by atoms with van der Waals surface area (Å²) in [6.45, 7) is 0.761. The van der Waals surface area contributed by atoms with Crippen LogP contribution in [0.2, 0.25) is 0 Å². The summed E-state index contributed by atoms with van der Waals surface area (Å²) in [6.07, 6.45) is 4.28. The third kappa shape index (κ3) is 4.42. The van der Waals surface area contributed by atoms with Gasteiger partial charge in [-0.3, -0.25) is 14.5 Å². The monoisotopic (exact) mass is 466 g/mol. The minimum absolute atomic E-state index is 0.0547. The Morgan fingerprint density at radius 3 is 2.47 bits per heavy atom. The van der Waals surface area contributed by atoms with Crippen molar-refractivity contribution < 1.29 is 28.9 Å². The second kappa shape index (κ2) is 9.54. The predicted octanol–water partition coefficient (Wildman–Crippen LogP) is 3.32. The van der Waals surface area contributed by atoms with Crippen molar-refractivity contribution in [2.45, 2.75) is 43.7 Å². The van der Waals surface area contributed by atoms with Crippen LogP contribution in [0.4, 0.5) is 0 Å². The molecule has 1 saturated carbocycles. The Kier molecular flexibility index (Phi) is 6.32. The van der Waals surface area contributed by atoms with Crippen molar-refractivity contribution in [3.8, 4) is 17.2 Å². The highest BCUT2D eigenvalue weighted by atomic mass is 16.7. The van der Waals surface area contributed by atoms with Crippen LogP contribution < -0.4 is 19.5 Å². The Balaban J connectivity index is 1.46. The minimum Gasteiger partial charge on any atom is -0.497 e. The number of carboxylic acids is 1. The van der Waals surface area contributed by atoms with Gasteiger partial charge in [0.15, 0.2) is 11.5 Å². The molecule has 0 unspecified atom stereocenters. The van der Waals surface area contributed by atoms with E-state index in [1.165, 1.54) is 0 Å². The number of benzene rings is 2. The standard InChI is InChI=1S/C26H30N2O6/c1-32-19-9-6-16(7-10-19)25-24(26(30)31)20(17-8-11-21-22(12-17)34-15-33-21)13-28(25)14-23(29)27-18-4-2-3-5-18/h6-12,18,20,24-25H,2-5,13-15H2,1H3,(H,27,29)(H,30,31)/t20-,24+,25-/m1/s1. The highest BCUT2D eigenvalue weighted by Crippen LogP contribution is 2.47. The molecule has 2 aromatic carbocycles. The largest absolute Gasteiger partial charge is 0.497 e. The Hall–Kier alpha value is -3.26. The third-order valence-electron chi connectivity index (χ3n) is 7.23. The van der Waals surface area contributed by atoms with E-state index in [4.69, 9.17) is 14.2 Å². The molecule has 2 N–H and O–H groups in total. The number of carbonyl (C=O) groups excluding carboxylic acids is 1. The molecule has 1 amide bonds. The maximum Gasteiger partial charge on any atom is 0.309 e. The topological polar surface area (TPSA) is 97.3 Å². The number of fused-ring (bicyclic) bond motifs is 1. The summed E-state index contributed by atoms with van der Waals surface area (Å²) in [7, 11) is 1.60. The molecule has 2 aromatic rings. The fraction of sp³-hybridized carbons (Fsp3) is 0.462. The molecule has 8 nitrogen and oxygen atoms in total. The number of hydrogen-bond acceptors (Lipinski definition) is 6. The minimum atomic E-state index is -0.887. The lowest BCUT2D eigenvalue weighted by atomic mass is 9.82. The lowest BCUT2D eigenvalue weighted by Crippen LogP contribution is -2.41. The van der Waals surface area contributed by atoms with E-state index in [2.05, 4.69) is 5.32 Å². The number of rotatable bonds is 7. The summed E-state index contributed by atoms with van der Waals surface area (Å²) in [5.41, 5.74) is 1.72. The summed E-state index contributed by atoms with van der Waals surface area (Å²) in [6, 6.07) is 12.8. The number of nitrogens with zero attached hydrogens (tertiary/aromatic N) is 1. The molecule has 0 spiro atoms. The number of carbonyl (C=O) groups is 2. The molecule has 2 fully saturated rings. The van der Waals surface area contributed by atoms with E-state index in [1.807, 2.05) is 47.4 Å². The Labute approximate surface area is 198 Å². The SMILES string of the molecule is COc1ccc([C@@H]2[C@@H](C(=O)O)[C@@H](c3ccc4c(c3)OCO4)CN2CC(=O)NC2CCCC2)cc1. The van der Waals surface area contributed by atoms with Gasteiger partial charge in [-0.05, 0) is 48.2 Å². The maximum absolute atomic E-state index is 12.9. The van der Waals surface area contributed by atoms with Gasteiger partial charge in [0.1, 0.15) is 5.75 Å². The third-order valence-corrected chi connectivity index (χ3v) is 7.23. The van der Waals surface area contributed by atoms with Gasteiger partial charge in [-0.2, -0.15) is 0 Å². The molecule has 2 heterocycles. The average Bonchev–Trinajstić information content (AvgIpc) is 3.58. The highest BCUT2D eigenvalue weighted by molar-refractivity contribution is 5.79. The molecule has 3 aliphatic rings. The molecule has 1 saturated heterocycles. The molecule has 34 heavy (non-hydrogen) atoms. The molecular weight excluding hydrogens is 436 g/mol. The van der Waals surface area contributed by atoms with Crippen molar-refractivity contribution in [1.82, 2.24) is 10.2 Å². The van der Waals surface area contributed by atoms with Gasteiger partial charge in [0.2, 0.25) is 12.7 Å². The van der Waals surface area contributed by atoms with E-state index < -0.39 is 17.9 Å². The van der Waals surface area contributed by atoms with E-state index >= 15 is 0 Å². The molecular formula is C26H30N2O6. The van der Waals surface area contributed by atoms with Crippen molar-refractivity contribution >= 4 is 11.9 Å². The van der Waals surface area contributed by atoms with Crippen molar-refractivity contribution in [3.63, 3.8) is 0 Å². The van der Waals surface area contributed by atoms with Crippen LogP contribution in [0.3, 0.4) is 0 Å². The number of ether oxygens (including phenoxy) is 3. The normalized spacial score (nSPS) is 24.3. The number of methoxy groups -OCH3 is 1. The van der Waals surface area contributed by atoms with Gasteiger partial charge in [0.25, 0.3) is 0 Å². The van der Waals surface area contributed by atoms with Crippen LogP contribution in [0.15, 0.2) is 42.5 Å². The Morgan fingerprint density at radius 1 is 1.06 bits per heavy atom. The number of nitrogens with one attached hydrogen (secondary N) is 1. The van der Waals surface area contributed by atoms with Crippen LogP contribution in [0.25, 0.3) is 0 Å². The van der Waals surface area contributed by atoms with E-state index in [1.54, 1.807) is 7.11 Å². The van der Waals surface area contributed by atoms with Gasteiger partial charge in [-0.1, -0.05) is 31.0 Å². The summed E-state index contributed by atoms with van der Waals surface area (Å²) < 4.78 is 16.2. The van der Waals surface area contributed by atoms with Crippen LogP contribution in [-0.2, 0) is 9.59 Å². The van der Waals surface area contributed by atoms with Crippen molar-refractivity contribution in [2.24, 2.45) is 5.92 Å². The van der Waals surface area contributed by atoms with E-state index in [0.29, 0.717) is 23.8 Å². The molecule has 0 bridgehead atoms. The number of aliphatic carboxylic acids is 1. The molecule has 1 aliphatic carbocycles. The lowest BCUT2D eigenvalue weighted by Gasteiger charge is -2.27. The van der Waals surface area contributed by atoms with Crippen LogP contribution in [0.1, 0.15) is 48.8 Å². The molecule has 0 radical (unpaired) electrons. The zero-order chi connectivity index (χ0) is 23.7. The summed E-state index contributed by atoms with van der Waals surface area (Å²) >= 11 is 0. The fourth-order valence-corrected chi connectivity index (χ4v) is 5.60. The van der Waals surface area contributed by atoms with Crippen LogP contribution >= 0.6 is 0 Å². The van der Waals surface area contributed by atoms with Crippen molar-refractivity contribution in [2.75, 3.05) is 27.0 Å². The fourth-order valence-electron chi connectivity index (χ4n) is 5.60. The zero-order valence-corrected chi connectivity index (χ0v) is 19.2. The lowest BCUT2D eigenvalue weighted by molar-refractivity contribution is -0.143. The first-order chi connectivity index (χ1) is 16.5. The molecule has 8 heteroatoms. The van der Waals surface area contributed by atoms with Crippen molar-refractivity contribution in [1.29, 1.82) is 0 Å². The molecule has 180 valence electrons.